The van der Waals surface area contributed by atoms with Crippen LogP contribution in [0.15, 0.2) is 0 Å². The quantitative estimate of drug-likeness (QED) is 0.0252. The lowest BCUT2D eigenvalue weighted by Gasteiger charge is -2.51. The van der Waals surface area contributed by atoms with Crippen LogP contribution >= 0.6 is 0 Å². The highest BCUT2D eigenvalue weighted by atomic mass is 32.3. The first-order valence-electron chi connectivity index (χ1n) is 46.7. The third kappa shape index (κ3) is 29.4. The summed E-state index contributed by atoms with van der Waals surface area (Å²) >= 11 is 0. The topological polar surface area (TPSA) is 1050 Å². The van der Waals surface area contributed by atoms with E-state index in [-0.39, 0.29) is 0 Å². The fourth-order valence-electron chi connectivity index (χ4n) is 18.6. The normalized spacial score (nSPS) is 44.2. The highest BCUT2D eigenvalue weighted by Gasteiger charge is 2.65. The fraction of sp³-hybridized carbons (Fsp3) is 0.914. The lowest BCUT2D eigenvalue weighted by molar-refractivity contribution is -0.398. The van der Waals surface area contributed by atoms with Crippen molar-refractivity contribution < 1.29 is 299 Å². The number of aliphatic hydroxyl groups excluding tert-OH is 29. The van der Waals surface area contributed by atoms with Gasteiger partial charge in [0.1, 0.15) is 250 Å². The molecule has 10 fully saturated rings. The van der Waals surface area contributed by atoms with Crippen LogP contribution in [0.4, 0.5) is 0 Å². The molecule has 149 heavy (non-hydrogen) atoms. The number of carboxylic acids is 1. The van der Waals surface area contributed by atoms with E-state index in [0.29, 0.717) is 0 Å². The summed E-state index contributed by atoms with van der Waals surface area (Å²) in [6.45, 7) is -7.45. The van der Waals surface area contributed by atoms with E-state index in [4.69, 9.17) is 94.7 Å². The predicted molar refractivity (Wildman–Crippen MR) is 460 cm³/mol. The minimum Gasteiger partial charge on any atom is -0.477 e. The van der Waals surface area contributed by atoms with Gasteiger partial charge in [-0.15, -0.1) is 0 Å². The SMILES string of the molecule is CC(=O)N[C@H]1[C@H](O[C@H]2[C@H](O)[C@@H](NC(C)=O)[C@H](O[C@@H]3[C@@H](O[C@@H]4[C@H](O)[C@H](O[C@H]5[C@H](O)[C@@H](NC(C)=O)[C@H](O[C@@H]([C@H](O)[C@H](CO)NC(C)=O)[C@H](O)CO[C@@H]6O[C@@H](C)[C@@H](O)[C@@H](O)[C@@H]6O)O[C@@H]5CO)O[C@H](CO[C@H]5O[C@H](CO)[C@@H](O)[C@H](O)[C@@H]5O[C@@H]5O[C@H](CO)[C@@H](O[C@@H]6O[C@H](CO)[C@H](O)[C@H](O[C@]7(C(=O)O)C[C@H](O)[C@@H](NC(C)=O)[C@H]([C@H](O)[C@H](O)CO)O7)[C@H]6O)[C@H](O)[C@H]5NC(C)=O)[C@H]4O)O[C@H](CO)[C@@H](O)[C@@H]3O)O[C@@H]2CO)O[C@H](CO)[C@H](OS(=O)(=O)O)[C@@H]1O. The van der Waals surface area contributed by atoms with Gasteiger partial charge in [-0.05, 0) is 6.92 Å². The van der Waals surface area contributed by atoms with Crippen LogP contribution in [0.2, 0.25) is 0 Å². The number of hydrogen-bond donors (Lipinski definition) is 37. The van der Waals surface area contributed by atoms with Gasteiger partial charge in [-0.25, -0.2) is 8.98 Å². The molecule has 10 aliphatic rings. The molecule has 68 heteroatoms. The standard InChI is InChI=1S/C81H136N6O61S/c1-20-44(106)55(117)58(120)75(130-20)128-18-30(105)61(45(107)27(9-88)82-21(2)97)139-71-40(84-23(4)99)52(114)63(35(15-94)134-71)141-76-59(121)67(143-79-70(57(119)48(110)32(12-91)133-79)145-74-41(85-24(5)100)51(113)62(34(14-93)135-74)140-72-43(87-26(7)102)54(116)65(37(17-96)137-72)148-149(125,126)127)50(112)38(138-76)19-129-78-69(56(118)47(109)31(11-90)132-78)144-73-42(86-25(6)101)53(115)64(36(16-95)136-73)142-77-60(122)68(49(111)33(13-92)131-77)147-81(80(123)124)8-28(103)39(83-22(3)98)66(146-81)46(108)29(104)10-89/h20,27-79,88-96,103-122H,8-19H2,1-7H3,(H,82,97)(H,83,98)(H,84,99)(H,85,100)(H,86,101)(H,87,102)(H,123,124)(H,125,126,127)/t20-,27-,28-,29+,30+,31+,32+,33+,34+,35+,36+,37+,38+,39+,40+,41+,42+,43+,44+,45+,46+,47+,48+,49-,50+,51+,52+,53+,54+,55+,56-,57-,58-,59-,60+,61+,62+,63+,64+,65-,66+,67-,68-,69-,70-,71-,72-,73-,74-,75+,76-,77-,78-,79+,81-/m0/s1. The Kier molecular flexibility index (Phi) is 45.7. The average molecular weight is 2200 g/mol. The Morgan fingerprint density at radius 1 is 0.356 bits per heavy atom. The lowest BCUT2D eigenvalue weighted by Crippen LogP contribution is -2.71. The summed E-state index contributed by atoms with van der Waals surface area (Å²) < 4.78 is 157. The molecule has 862 valence electrons. The smallest absolute Gasteiger partial charge is 0.397 e. The second-order valence-electron chi connectivity index (χ2n) is 37.0. The zero-order chi connectivity index (χ0) is 111. The lowest BCUT2D eigenvalue weighted by atomic mass is 9.88. The summed E-state index contributed by atoms with van der Waals surface area (Å²) in [5.41, 5.74) is 0. The molecule has 0 bridgehead atoms. The van der Waals surface area contributed by atoms with Gasteiger partial charge in [-0.1, -0.05) is 0 Å². The van der Waals surface area contributed by atoms with Crippen LogP contribution in [0.3, 0.4) is 0 Å². The van der Waals surface area contributed by atoms with Crippen LogP contribution in [0.1, 0.15) is 54.9 Å². The van der Waals surface area contributed by atoms with Crippen molar-refractivity contribution >= 4 is 51.8 Å². The first kappa shape index (κ1) is 125. The second-order valence-corrected chi connectivity index (χ2v) is 38.0. The van der Waals surface area contributed by atoms with Gasteiger partial charge in [0, 0.05) is 48.0 Å². The number of ether oxygens (including phenoxy) is 20. The van der Waals surface area contributed by atoms with Gasteiger partial charge in [0.15, 0.2) is 56.6 Å². The van der Waals surface area contributed by atoms with Gasteiger partial charge in [0.2, 0.25) is 35.4 Å². The molecule has 0 aromatic heterocycles. The number of carbonyl (C=O) groups is 7. The van der Waals surface area contributed by atoms with Crippen LogP contribution in [-0.4, -0.2) is 617 Å². The Balaban J connectivity index is 0.996. The molecule has 6 amide bonds. The van der Waals surface area contributed by atoms with Crippen molar-refractivity contribution in [2.45, 2.75) is 392 Å². The number of carbonyl (C=O) groups excluding carboxylic acids is 6. The number of hydrogen-bond acceptors (Lipinski definition) is 59. The minimum atomic E-state index is -5.49. The summed E-state index contributed by atoms with van der Waals surface area (Å²) in [6, 6.07) is -12.1. The monoisotopic (exact) mass is 2200 g/mol. The van der Waals surface area contributed by atoms with Gasteiger partial charge in [0.25, 0.3) is 5.79 Å². The predicted octanol–water partition coefficient (Wildman–Crippen LogP) is -24.4. The van der Waals surface area contributed by atoms with Crippen LogP contribution in [0.5, 0.6) is 0 Å². The Labute approximate surface area is 843 Å². The molecule has 0 unspecified atom stereocenters. The molecule has 0 aliphatic carbocycles. The van der Waals surface area contributed by atoms with Crippen molar-refractivity contribution in [3.05, 3.63) is 0 Å². The van der Waals surface area contributed by atoms with Gasteiger partial charge in [0.05, 0.1) is 97.0 Å². The minimum absolute atomic E-state index is 0.839. The molecular formula is C81H136N6O61S. The molecule has 0 saturated carbocycles. The van der Waals surface area contributed by atoms with Crippen LogP contribution in [0.25, 0.3) is 0 Å². The molecule has 0 radical (unpaired) electrons. The van der Waals surface area contributed by atoms with Gasteiger partial charge in [-0.3, -0.25) is 33.3 Å². The van der Waals surface area contributed by atoms with Gasteiger partial charge < -0.3 is 280 Å². The first-order valence-corrected chi connectivity index (χ1v) is 48.1. The zero-order valence-electron chi connectivity index (χ0n) is 80.2. The van der Waals surface area contributed by atoms with Crippen molar-refractivity contribution in [2.75, 3.05) is 72.7 Å². The summed E-state index contributed by atoms with van der Waals surface area (Å²) in [5, 5.41) is 355. The number of rotatable bonds is 45. The number of carboxylic acid groups (broad SMARTS) is 1. The van der Waals surface area contributed by atoms with E-state index >= 15 is 0 Å². The zero-order valence-corrected chi connectivity index (χ0v) is 81.0. The maximum atomic E-state index is 13.4. The molecule has 10 heterocycles. The molecule has 10 aliphatic heterocycles. The fourth-order valence-corrected chi connectivity index (χ4v) is 19.1. The van der Waals surface area contributed by atoms with Crippen LogP contribution in [-0.2, 0) is 143 Å². The largest absolute Gasteiger partial charge is 0.477 e. The van der Waals surface area contributed by atoms with Crippen molar-refractivity contribution in [3.8, 4) is 0 Å². The maximum absolute atomic E-state index is 13.4. The summed E-state index contributed by atoms with van der Waals surface area (Å²) in [5.74, 6) is -11.6. The van der Waals surface area contributed by atoms with Crippen molar-refractivity contribution in [1.29, 1.82) is 0 Å². The highest BCUT2D eigenvalue weighted by Crippen LogP contribution is 2.44. The molecule has 10 saturated heterocycles. The third-order valence-corrected chi connectivity index (χ3v) is 26.6. The Morgan fingerprint density at radius 2 is 0.725 bits per heavy atom. The van der Waals surface area contributed by atoms with Crippen LogP contribution < -0.4 is 31.9 Å². The van der Waals surface area contributed by atoms with Crippen LogP contribution in [0, 0.1) is 0 Å². The maximum Gasteiger partial charge on any atom is 0.397 e. The Morgan fingerprint density at radius 3 is 1.15 bits per heavy atom. The second kappa shape index (κ2) is 54.4. The Hall–Kier alpha value is -5.80. The number of aliphatic hydroxyl groups is 29. The van der Waals surface area contributed by atoms with Gasteiger partial charge in [-0.2, -0.15) is 8.42 Å². The highest BCUT2D eigenvalue weighted by molar-refractivity contribution is 7.80. The van der Waals surface area contributed by atoms with E-state index in [9.17, 15) is 200 Å². The van der Waals surface area contributed by atoms with E-state index in [2.05, 4.69) is 36.1 Å². The molecular weight excluding hydrogens is 2060 g/mol. The summed E-state index contributed by atoms with van der Waals surface area (Å²) in [6.07, 6.45) is -111. The molecule has 10 rings (SSSR count). The molecule has 0 aromatic rings. The molecule has 0 spiro atoms. The van der Waals surface area contributed by atoms with E-state index < -0.39 is 468 Å². The molecule has 55 atom stereocenters. The molecule has 37 N–H and O–H groups in total. The molecule has 67 nitrogen and oxygen atoms in total. The van der Waals surface area contributed by atoms with E-state index in [0.717, 1.165) is 41.5 Å². The third-order valence-electron chi connectivity index (χ3n) is 26.2. The van der Waals surface area contributed by atoms with Crippen molar-refractivity contribution in [1.82, 2.24) is 31.9 Å². The average Bonchev–Trinajstić information content (AvgIpc) is 0.789. The van der Waals surface area contributed by atoms with E-state index in [1.807, 2.05) is 0 Å². The number of aliphatic carboxylic acids is 1. The summed E-state index contributed by atoms with van der Waals surface area (Å²) in [7, 11) is -5.49. The Bertz CT molecular complexity index is 4380. The van der Waals surface area contributed by atoms with Crippen molar-refractivity contribution in [3.63, 3.8) is 0 Å². The first-order chi connectivity index (χ1) is 70.0. The van der Waals surface area contributed by atoms with Crippen molar-refractivity contribution in [2.24, 2.45) is 0 Å². The summed E-state index contributed by atoms with van der Waals surface area (Å²) in [4.78, 5) is 90.7. The van der Waals surface area contributed by atoms with E-state index in [1.165, 1.54) is 6.92 Å². The number of amides is 6. The van der Waals surface area contributed by atoms with Gasteiger partial charge >= 0.3 is 16.4 Å². The van der Waals surface area contributed by atoms with E-state index in [1.54, 1.807) is 0 Å². The number of nitrogens with one attached hydrogen (secondary N) is 6. The molecule has 0 aromatic carbocycles.